The summed E-state index contributed by atoms with van der Waals surface area (Å²) in [6, 6.07) is 11.1. The minimum Gasteiger partial charge on any atom is -0.457 e. The number of esters is 1. The van der Waals surface area contributed by atoms with Gasteiger partial charge in [-0.1, -0.05) is 18.2 Å². The number of nitrogen functional groups attached to an aromatic ring is 1. The van der Waals surface area contributed by atoms with Gasteiger partial charge in [0.15, 0.2) is 0 Å². The molecule has 2 aromatic rings. The van der Waals surface area contributed by atoms with E-state index in [1.807, 2.05) is 25.1 Å². The predicted octanol–water partition coefficient (Wildman–Crippen LogP) is 4.01. The van der Waals surface area contributed by atoms with Gasteiger partial charge in [-0.25, -0.2) is 4.79 Å². The van der Waals surface area contributed by atoms with Crippen LogP contribution in [-0.4, -0.2) is 5.97 Å². The smallest absolute Gasteiger partial charge is 0.339 e. The maximum absolute atomic E-state index is 12.0. The van der Waals surface area contributed by atoms with Crippen LogP contribution in [0.3, 0.4) is 0 Å². The SMILES string of the molecule is Cc1ccc(COC(=O)c2cc(N)ccc2Br)cc1C. The Labute approximate surface area is 126 Å². The molecule has 0 amide bonds. The first-order chi connectivity index (χ1) is 9.47. The lowest BCUT2D eigenvalue weighted by atomic mass is 10.1. The van der Waals surface area contributed by atoms with E-state index in [1.54, 1.807) is 18.2 Å². The molecule has 20 heavy (non-hydrogen) atoms. The van der Waals surface area contributed by atoms with E-state index in [0.717, 1.165) is 5.56 Å². The summed E-state index contributed by atoms with van der Waals surface area (Å²) in [4.78, 5) is 12.0. The fourth-order valence-electron chi connectivity index (χ4n) is 1.82. The molecular weight excluding hydrogens is 318 g/mol. The largest absolute Gasteiger partial charge is 0.457 e. The summed E-state index contributed by atoms with van der Waals surface area (Å²) in [7, 11) is 0. The van der Waals surface area contributed by atoms with E-state index >= 15 is 0 Å². The Morgan fingerprint density at radius 3 is 2.60 bits per heavy atom. The first-order valence-corrected chi connectivity index (χ1v) is 7.05. The van der Waals surface area contributed by atoms with Gasteiger partial charge in [-0.15, -0.1) is 0 Å². The quantitative estimate of drug-likeness (QED) is 0.682. The first-order valence-electron chi connectivity index (χ1n) is 6.25. The number of carbonyl (C=O) groups excluding carboxylic acids is 1. The molecule has 0 radical (unpaired) electrons. The third-order valence-corrected chi connectivity index (χ3v) is 3.84. The second-order valence-electron chi connectivity index (χ2n) is 4.73. The lowest BCUT2D eigenvalue weighted by Gasteiger charge is -2.08. The summed E-state index contributed by atoms with van der Waals surface area (Å²) < 4.78 is 6.00. The van der Waals surface area contributed by atoms with Crippen molar-refractivity contribution in [3.63, 3.8) is 0 Å². The molecule has 2 aromatic carbocycles. The topological polar surface area (TPSA) is 52.3 Å². The molecule has 0 saturated carbocycles. The molecule has 4 heteroatoms. The number of benzene rings is 2. The van der Waals surface area contributed by atoms with Gasteiger partial charge in [0, 0.05) is 10.2 Å². The number of hydrogen-bond acceptors (Lipinski definition) is 3. The zero-order valence-corrected chi connectivity index (χ0v) is 13.0. The first kappa shape index (κ1) is 14.6. The Hall–Kier alpha value is -1.81. The van der Waals surface area contributed by atoms with E-state index in [-0.39, 0.29) is 12.6 Å². The number of anilines is 1. The van der Waals surface area contributed by atoms with E-state index in [1.165, 1.54) is 11.1 Å². The second kappa shape index (κ2) is 6.09. The van der Waals surface area contributed by atoms with E-state index in [2.05, 4.69) is 22.9 Å². The van der Waals surface area contributed by atoms with Gasteiger partial charge in [-0.05, 0) is 64.7 Å². The maximum atomic E-state index is 12.0. The summed E-state index contributed by atoms with van der Waals surface area (Å²) in [6.45, 7) is 4.34. The number of halogens is 1. The summed E-state index contributed by atoms with van der Waals surface area (Å²) in [5.41, 5.74) is 10.0. The normalized spacial score (nSPS) is 10.3. The Morgan fingerprint density at radius 2 is 1.90 bits per heavy atom. The van der Waals surface area contributed by atoms with Crippen LogP contribution in [0.5, 0.6) is 0 Å². The van der Waals surface area contributed by atoms with Crippen molar-refractivity contribution in [3.05, 3.63) is 63.1 Å². The molecule has 0 atom stereocenters. The van der Waals surface area contributed by atoms with Crippen molar-refractivity contribution in [2.45, 2.75) is 20.5 Å². The van der Waals surface area contributed by atoms with E-state index in [0.29, 0.717) is 15.7 Å². The van der Waals surface area contributed by atoms with E-state index < -0.39 is 0 Å². The molecule has 104 valence electrons. The number of carbonyl (C=O) groups is 1. The van der Waals surface area contributed by atoms with Crippen LogP contribution in [0.4, 0.5) is 5.69 Å². The molecule has 0 saturated heterocycles. The summed E-state index contributed by atoms with van der Waals surface area (Å²) >= 11 is 3.32. The van der Waals surface area contributed by atoms with Gasteiger partial charge in [-0.2, -0.15) is 0 Å². The highest BCUT2D eigenvalue weighted by Gasteiger charge is 2.12. The predicted molar refractivity (Wildman–Crippen MR) is 83.6 cm³/mol. The van der Waals surface area contributed by atoms with Crippen molar-refractivity contribution in [2.24, 2.45) is 0 Å². The highest BCUT2D eigenvalue weighted by molar-refractivity contribution is 9.10. The zero-order chi connectivity index (χ0) is 14.7. The van der Waals surface area contributed by atoms with Gasteiger partial charge in [0.05, 0.1) is 5.56 Å². The molecule has 0 fully saturated rings. The molecule has 2 rings (SSSR count). The van der Waals surface area contributed by atoms with Gasteiger partial charge in [0.1, 0.15) is 6.61 Å². The molecule has 0 aromatic heterocycles. The van der Waals surface area contributed by atoms with Crippen LogP contribution in [-0.2, 0) is 11.3 Å². The van der Waals surface area contributed by atoms with Gasteiger partial charge in [0.2, 0.25) is 0 Å². The summed E-state index contributed by atoms with van der Waals surface area (Å²) in [5.74, 6) is -0.387. The standard InChI is InChI=1S/C16H16BrNO2/c1-10-3-4-12(7-11(10)2)9-20-16(19)14-8-13(18)5-6-15(14)17/h3-8H,9,18H2,1-2H3. The van der Waals surface area contributed by atoms with Crippen LogP contribution in [0, 0.1) is 13.8 Å². The van der Waals surface area contributed by atoms with Gasteiger partial charge < -0.3 is 10.5 Å². The van der Waals surface area contributed by atoms with Crippen LogP contribution in [0.25, 0.3) is 0 Å². The summed E-state index contributed by atoms with van der Waals surface area (Å²) in [5, 5.41) is 0. The molecule has 0 aliphatic heterocycles. The van der Waals surface area contributed by atoms with Crippen LogP contribution in [0.1, 0.15) is 27.0 Å². The molecule has 0 aliphatic rings. The van der Waals surface area contributed by atoms with Crippen molar-refractivity contribution in [1.82, 2.24) is 0 Å². The van der Waals surface area contributed by atoms with Gasteiger partial charge >= 0.3 is 5.97 Å². The van der Waals surface area contributed by atoms with Crippen molar-refractivity contribution in [3.8, 4) is 0 Å². The Bertz CT molecular complexity index is 653. The van der Waals surface area contributed by atoms with Crippen LogP contribution in [0.2, 0.25) is 0 Å². The van der Waals surface area contributed by atoms with Crippen LogP contribution < -0.4 is 5.73 Å². The van der Waals surface area contributed by atoms with Crippen molar-refractivity contribution in [1.29, 1.82) is 0 Å². The van der Waals surface area contributed by atoms with E-state index in [9.17, 15) is 4.79 Å². The van der Waals surface area contributed by atoms with Crippen LogP contribution in [0.15, 0.2) is 40.9 Å². The highest BCUT2D eigenvalue weighted by Crippen LogP contribution is 2.21. The number of rotatable bonds is 3. The molecular formula is C16H16BrNO2. The molecule has 0 bridgehead atoms. The molecule has 0 spiro atoms. The molecule has 3 nitrogen and oxygen atoms in total. The maximum Gasteiger partial charge on any atom is 0.339 e. The number of nitrogens with two attached hydrogens (primary N) is 1. The molecule has 0 heterocycles. The fraction of sp³-hybridized carbons (Fsp3) is 0.188. The molecule has 2 N–H and O–H groups in total. The second-order valence-corrected chi connectivity index (χ2v) is 5.59. The number of ether oxygens (including phenoxy) is 1. The van der Waals surface area contributed by atoms with E-state index in [4.69, 9.17) is 10.5 Å². The molecule has 0 aliphatic carbocycles. The monoisotopic (exact) mass is 333 g/mol. The average molecular weight is 334 g/mol. The Morgan fingerprint density at radius 1 is 1.15 bits per heavy atom. The van der Waals surface area contributed by atoms with Gasteiger partial charge in [-0.3, -0.25) is 0 Å². The lowest BCUT2D eigenvalue weighted by molar-refractivity contribution is 0.0471. The fourth-order valence-corrected chi connectivity index (χ4v) is 2.23. The third-order valence-electron chi connectivity index (χ3n) is 3.15. The van der Waals surface area contributed by atoms with Crippen molar-refractivity contribution >= 4 is 27.6 Å². The zero-order valence-electron chi connectivity index (χ0n) is 11.4. The molecule has 0 unspecified atom stereocenters. The third kappa shape index (κ3) is 3.39. The summed E-state index contributed by atoms with van der Waals surface area (Å²) in [6.07, 6.45) is 0. The minimum absolute atomic E-state index is 0.251. The van der Waals surface area contributed by atoms with Crippen molar-refractivity contribution in [2.75, 3.05) is 5.73 Å². The number of hydrogen-bond donors (Lipinski definition) is 1. The Balaban J connectivity index is 2.08. The number of aryl methyl sites for hydroxylation is 2. The van der Waals surface area contributed by atoms with Crippen molar-refractivity contribution < 1.29 is 9.53 Å². The highest BCUT2D eigenvalue weighted by atomic mass is 79.9. The van der Waals surface area contributed by atoms with Gasteiger partial charge in [0.25, 0.3) is 0 Å². The van der Waals surface area contributed by atoms with Crippen LogP contribution >= 0.6 is 15.9 Å². The minimum atomic E-state index is -0.387. The lowest BCUT2D eigenvalue weighted by Crippen LogP contribution is -2.07. The Kier molecular flexibility index (Phi) is 4.45. The average Bonchev–Trinajstić information content (AvgIpc) is 2.42.